The number of pyridine rings is 1. The van der Waals surface area contributed by atoms with Crippen molar-refractivity contribution in [3.8, 4) is 11.1 Å². The van der Waals surface area contributed by atoms with Gasteiger partial charge in [0.25, 0.3) is 0 Å². The fraction of sp³-hybridized carbons (Fsp3) is 0. The van der Waals surface area contributed by atoms with Gasteiger partial charge in [0, 0.05) is 21.3 Å². The van der Waals surface area contributed by atoms with E-state index in [1.54, 1.807) is 12.4 Å². The van der Waals surface area contributed by atoms with Crippen molar-refractivity contribution in [3.63, 3.8) is 0 Å². The molecule has 0 unspecified atom stereocenters. The van der Waals surface area contributed by atoms with Gasteiger partial charge in [-0.05, 0) is 45.3 Å². The van der Waals surface area contributed by atoms with Crippen LogP contribution in [0.5, 0.6) is 0 Å². The summed E-state index contributed by atoms with van der Waals surface area (Å²) in [6, 6.07) is 10.2. The fourth-order valence-corrected chi connectivity index (χ4v) is 1.98. The molecule has 2 rings (SSSR count). The van der Waals surface area contributed by atoms with Crippen LogP contribution >= 0.6 is 31.9 Å². The van der Waals surface area contributed by atoms with E-state index in [-0.39, 0.29) is 0 Å². The average Bonchev–Trinajstić information content (AvgIpc) is 2.20. The van der Waals surface area contributed by atoms with E-state index in [0.717, 1.165) is 14.5 Å². The van der Waals surface area contributed by atoms with Crippen LogP contribution in [0.15, 0.2) is 51.7 Å². The Bertz CT molecular complexity index is 437. The zero-order valence-corrected chi connectivity index (χ0v) is 10.4. The van der Waals surface area contributed by atoms with Crippen LogP contribution in [0.2, 0.25) is 0 Å². The third-order valence-corrected chi connectivity index (χ3v) is 3.09. The van der Waals surface area contributed by atoms with Crippen LogP contribution in [0.3, 0.4) is 0 Å². The molecule has 0 bridgehead atoms. The van der Waals surface area contributed by atoms with E-state index in [1.165, 1.54) is 5.56 Å². The number of nitrogens with zero attached hydrogens (tertiary/aromatic N) is 1. The Hall–Kier alpha value is -0.670. The minimum absolute atomic E-state index is 1.02. The van der Waals surface area contributed by atoms with Crippen LogP contribution in [-0.2, 0) is 0 Å². The summed E-state index contributed by atoms with van der Waals surface area (Å²) in [5.41, 5.74) is 2.34. The topological polar surface area (TPSA) is 12.9 Å². The van der Waals surface area contributed by atoms with E-state index in [9.17, 15) is 0 Å². The third kappa shape index (κ3) is 2.04. The predicted molar refractivity (Wildman–Crippen MR) is 65.1 cm³/mol. The SMILES string of the molecule is Brc1ccc(-c2ccncc2Br)cc1. The summed E-state index contributed by atoms with van der Waals surface area (Å²) in [7, 11) is 0. The Morgan fingerprint density at radius 1 is 0.929 bits per heavy atom. The highest BCUT2D eigenvalue weighted by Crippen LogP contribution is 2.27. The predicted octanol–water partition coefficient (Wildman–Crippen LogP) is 4.27. The first-order valence-electron chi connectivity index (χ1n) is 4.13. The van der Waals surface area contributed by atoms with Crippen molar-refractivity contribution < 1.29 is 0 Å². The Morgan fingerprint density at radius 3 is 2.29 bits per heavy atom. The van der Waals surface area contributed by atoms with Gasteiger partial charge in [-0.3, -0.25) is 4.98 Å². The molecule has 1 heterocycles. The van der Waals surface area contributed by atoms with Crippen LogP contribution in [0.4, 0.5) is 0 Å². The highest BCUT2D eigenvalue weighted by atomic mass is 79.9. The normalized spacial score (nSPS) is 10.1. The lowest BCUT2D eigenvalue weighted by atomic mass is 10.1. The largest absolute Gasteiger partial charge is 0.264 e. The van der Waals surface area contributed by atoms with Gasteiger partial charge in [-0.25, -0.2) is 0 Å². The van der Waals surface area contributed by atoms with E-state index in [1.807, 2.05) is 18.2 Å². The zero-order valence-electron chi connectivity index (χ0n) is 7.24. The van der Waals surface area contributed by atoms with Gasteiger partial charge >= 0.3 is 0 Å². The van der Waals surface area contributed by atoms with E-state index in [2.05, 4.69) is 49.0 Å². The smallest absolute Gasteiger partial charge is 0.0437 e. The van der Waals surface area contributed by atoms with Crippen LogP contribution in [-0.4, -0.2) is 4.98 Å². The molecule has 1 aromatic carbocycles. The van der Waals surface area contributed by atoms with E-state index in [4.69, 9.17) is 0 Å². The standard InChI is InChI=1S/C11H7Br2N/c12-9-3-1-8(2-4-9)10-5-6-14-7-11(10)13/h1-7H. The maximum atomic E-state index is 4.03. The Morgan fingerprint density at radius 2 is 1.64 bits per heavy atom. The minimum atomic E-state index is 1.02. The second-order valence-corrected chi connectivity index (χ2v) is 4.63. The monoisotopic (exact) mass is 311 g/mol. The molecule has 14 heavy (non-hydrogen) atoms. The number of halogens is 2. The van der Waals surface area contributed by atoms with Crippen molar-refractivity contribution in [2.45, 2.75) is 0 Å². The molecule has 1 nitrogen and oxygen atoms in total. The van der Waals surface area contributed by atoms with E-state index >= 15 is 0 Å². The van der Waals surface area contributed by atoms with Gasteiger partial charge in [0.2, 0.25) is 0 Å². The summed E-state index contributed by atoms with van der Waals surface area (Å²) in [4.78, 5) is 4.03. The molecule has 0 atom stereocenters. The summed E-state index contributed by atoms with van der Waals surface area (Å²) >= 11 is 6.89. The molecule has 1 aromatic heterocycles. The second-order valence-electron chi connectivity index (χ2n) is 2.86. The lowest BCUT2D eigenvalue weighted by molar-refractivity contribution is 1.31. The van der Waals surface area contributed by atoms with Crippen molar-refractivity contribution in [3.05, 3.63) is 51.7 Å². The van der Waals surface area contributed by atoms with Crippen LogP contribution in [0, 0.1) is 0 Å². The summed E-state index contributed by atoms with van der Waals surface area (Å²) < 4.78 is 2.11. The molecule has 0 amide bonds. The molecule has 0 N–H and O–H groups in total. The second kappa shape index (κ2) is 4.24. The Kier molecular flexibility index (Phi) is 2.99. The van der Waals surface area contributed by atoms with Gasteiger partial charge in [0.1, 0.15) is 0 Å². The molecule has 0 spiro atoms. The summed E-state index contributed by atoms with van der Waals surface area (Å²) in [5.74, 6) is 0. The first-order chi connectivity index (χ1) is 6.77. The maximum Gasteiger partial charge on any atom is 0.0437 e. The molecule has 0 aliphatic heterocycles. The molecular formula is C11H7Br2N. The molecule has 0 fully saturated rings. The molecule has 0 saturated carbocycles. The molecule has 0 aliphatic carbocycles. The molecular weight excluding hydrogens is 306 g/mol. The number of hydrogen-bond acceptors (Lipinski definition) is 1. The van der Waals surface area contributed by atoms with Crippen molar-refractivity contribution in [1.29, 1.82) is 0 Å². The van der Waals surface area contributed by atoms with E-state index in [0.29, 0.717) is 0 Å². The minimum Gasteiger partial charge on any atom is -0.264 e. The van der Waals surface area contributed by atoms with E-state index < -0.39 is 0 Å². The van der Waals surface area contributed by atoms with Crippen molar-refractivity contribution in [2.24, 2.45) is 0 Å². The average molecular weight is 313 g/mol. The molecule has 0 saturated heterocycles. The molecule has 0 radical (unpaired) electrons. The van der Waals surface area contributed by atoms with Crippen LogP contribution in [0.25, 0.3) is 11.1 Å². The highest BCUT2D eigenvalue weighted by molar-refractivity contribution is 9.10. The number of benzene rings is 1. The lowest BCUT2D eigenvalue weighted by Gasteiger charge is -2.03. The van der Waals surface area contributed by atoms with Crippen LogP contribution < -0.4 is 0 Å². The van der Waals surface area contributed by atoms with Gasteiger partial charge in [0.05, 0.1) is 0 Å². The summed E-state index contributed by atoms with van der Waals surface area (Å²) in [6.07, 6.45) is 3.60. The third-order valence-electron chi connectivity index (χ3n) is 1.93. The van der Waals surface area contributed by atoms with Gasteiger partial charge in [-0.2, -0.15) is 0 Å². The first kappa shape index (κ1) is 9.87. The molecule has 70 valence electrons. The van der Waals surface area contributed by atoms with Gasteiger partial charge in [-0.15, -0.1) is 0 Å². The Labute approximate surface area is 99.4 Å². The number of rotatable bonds is 1. The number of aromatic nitrogens is 1. The molecule has 3 heteroatoms. The summed E-state index contributed by atoms with van der Waals surface area (Å²) in [6.45, 7) is 0. The van der Waals surface area contributed by atoms with Gasteiger partial charge in [-0.1, -0.05) is 28.1 Å². The van der Waals surface area contributed by atoms with Gasteiger partial charge < -0.3 is 0 Å². The zero-order chi connectivity index (χ0) is 9.97. The quantitative estimate of drug-likeness (QED) is 0.766. The van der Waals surface area contributed by atoms with Crippen molar-refractivity contribution in [1.82, 2.24) is 4.98 Å². The highest BCUT2D eigenvalue weighted by Gasteiger charge is 2.01. The Balaban J connectivity index is 2.50. The molecule has 0 aliphatic rings. The molecule has 2 aromatic rings. The maximum absolute atomic E-state index is 4.03. The summed E-state index contributed by atoms with van der Waals surface area (Å²) in [5, 5.41) is 0. The first-order valence-corrected chi connectivity index (χ1v) is 5.71. The van der Waals surface area contributed by atoms with Crippen LogP contribution in [0.1, 0.15) is 0 Å². The lowest BCUT2D eigenvalue weighted by Crippen LogP contribution is -1.80. The van der Waals surface area contributed by atoms with Crippen molar-refractivity contribution >= 4 is 31.9 Å². The number of hydrogen-bond donors (Lipinski definition) is 0. The van der Waals surface area contributed by atoms with Crippen molar-refractivity contribution in [2.75, 3.05) is 0 Å². The van der Waals surface area contributed by atoms with Gasteiger partial charge in [0.15, 0.2) is 0 Å². The fourth-order valence-electron chi connectivity index (χ4n) is 1.24.